The lowest BCUT2D eigenvalue weighted by Gasteiger charge is -2.34. The van der Waals surface area contributed by atoms with E-state index in [9.17, 15) is 0 Å². The van der Waals surface area contributed by atoms with Crippen molar-refractivity contribution in [1.29, 1.82) is 0 Å². The third kappa shape index (κ3) is 3.11. The molecule has 0 spiro atoms. The van der Waals surface area contributed by atoms with E-state index in [1.165, 1.54) is 35.1 Å². The Morgan fingerprint density at radius 1 is 0.842 bits per heavy atom. The van der Waals surface area contributed by atoms with E-state index < -0.39 is 0 Å². The molecule has 2 atom stereocenters. The Labute approximate surface area is 119 Å². The predicted octanol–water partition coefficient (Wildman–Crippen LogP) is 5.84. The second-order valence-electron chi connectivity index (χ2n) is 7.21. The van der Waals surface area contributed by atoms with Gasteiger partial charge in [-0.2, -0.15) is 0 Å². The minimum atomic E-state index is 0.131. The highest BCUT2D eigenvalue weighted by atomic mass is 14.3. The summed E-state index contributed by atoms with van der Waals surface area (Å²) in [5.41, 5.74) is 6.15. The van der Waals surface area contributed by atoms with Crippen LogP contribution in [0.1, 0.15) is 54.4 Å². The van der Waals surface area contributed by atoms with Crippen molar-refractivity contribution in [2.75, 3.05) is 0 Å². The first-order valence-corrected chi connectivity index (χ1v) is 7.58. The topological polar surface area (TPSA) is 0 Å². The van der Waals surface area contributed by atoms with Crippen molar-refractivity contribution in [3.63, 3.8) is 0 Å². The Morgan fingerprint density at radius 3 is 1.53 bits per heavy atom. The minimum absolute atomic E-state index is 0.131. The van der Waals surface area contributed by atoms with Gasteiger partial charge in [0.25, 0.3) is 0 Å². The highest BCUT2D eigenvalue weighted by Gasteiger charge is 2.29. The van der Waals surface area contributed by atoms with Gasteiger partial charge < -0.3 is 0 Å². The van der Waals surface area contributed by atoms with Crippen LogP contribution in [-0.2, 0) is 0 Å². The van der Waals surface area contributed by atoms with E-state index in [1.54, 1.807) is 0 Å². The Bertz CT molecular complexity index is 436. The van der Waals surface area contributed by atoms with Gasteiger partial charge in [-0.1, -0.05) is 63.1 Å². The monoisotopic (exact) mass is 256 g/mol. The van der Waals surface area contributed by atoms with Crippen LogP contribution in [0.15, 0.2) is 46.6 Å². The van der Waals surface area contributed by atoms with Crippen LogP contribution in [0, 0.1) is 17.3 Å². The maximum atomic E-state index is 2.47. The lowest BCUT2D eigenvalue weighted by atomic mass is 9.70. The minimum Gasteiger partial charge on any atom is -0.0773 e. The normalized spacial score (nSPS) is 28.3. The zero-order valence-corrected chi connectivity index (χ0v) is 13.4. The smallest absolute Gasteiger partial charge is 0.0140 e. The molecule has 0 radical (unpaired) electrons. The van der Waals surface area contributed by atoms with Crippen molar-refractivity contribution < 1.29 is 0 Å². The van der Waals surface area contributed by atoms with E-state index in [2.05, 4.69) is 65.8 Å². The number of allylic oxidation sites excluding steroid dienone is 8. The molecule has 0 saturated heterocycles. The Kier molecular flexibility index (Phi) is 3.90. The van der Waals surface area contributed by atoms with Crippen LogP contribution < -0.4 is 0 Å². The summed E-state index contributed by atoms with van der Waals surface area (Å²) in [5, 5.41) is 0. The van der Waals surface area contributed by atoms with Crippen LogP contribution in [0.5, 0.6) is 0 Å². The van der Waals surface area contributed by atoms with E-state index in [0.29, 0.717) is 11.8 Å². The van der Waals surface area contributed by atoms with Crippen LogP contribution in [0.3, 0.4) is 0 Å². The zero-order valence-electron chi connectivity index (χ0n) is 13.4. The first kappa shape index (κ1) is 14.4. The molecule has 0 aromatic heterocycles. The van der Waals surface area contributed by atoms with E-state index >= 15 is 0 Å². The molecule has 0 aromatic carbocycles. The third-order valence-electron chi connectivity index (χ3n) is 4.46. The standard InChI is InChI=1S/C19H28/c1-13-7-14(2)10-17(9-13)19(5,6)18-11-15(3)8-16(4)12-18/h9-13,15H,7-8H2,1-6H3. The van der Waals surface area contributed by atoms with E-state index in [0.717, 1.165) is 0 Å². The molecule has 0 aliphatic heterocycles. The molecule has 2 aliphatic carbocycles. The molecule has 0 N–H and O–H groups in total. The number of hydrogen-bond acceptors (Lipinski definition) is 0. The molecule has 104 valence electrons. The van der Waals surface area contributed by atoms with Crippen molar-refractivity contribution in [1.82, 2.24) is 0 Å². The molecule has 2 rings (SSSR count). The fourth-order valence-electron chi connectivity index (χ4n) is 3.44. The highest BCUT2D eigenvalue weighted by Crippen LogP contribution is 2.42. The van der Waals surface area contributed by atoms with Gasteiger partial charge in [0.15, 0.2) is 0 Å². The summed E-state index contributed by atoms with van der Waals surface area (Å²) < 4.78 is 0. The molecule has 0 saturated carbocycles. The van der Waals surface area contributed by atoms with Gasteiger partial charge in [-0.25, -0.2) is 0 Å². The molecule has 0 nitrogen and oxygen atoms in total. The van der Waals surface area contributed by atoms with Gasteiger partial charge >= 0.3 is 0 Å². The molecule has 0 aromatic rings. The van der Waals surface area contributed by atoms with Crippen molar-refractivity contribution in [2.45, 2.75) is 54.4 Å². The maximum Gasteiger partial charge on any atom is 0.0140 e. The fourth-order valence-corrected chi connectivity index (χ4v) is 3.44. The van der Waals surface area contributed by atoms with Gasteiger partial charge in [0, 0.05) is 5.41 Å². The van der Waals surface area contributed by atoms with Gasteiger partial charge in [0.05, 0.1) is 0 Å². The molecule has 19 heavy (non-hydrogen) atoms. The molecule has 0 amide bonds. The zero-order chi connectivity index (χ0) is 14.2. The van der Waals surface area contributed by atoms with E-state index in [1.807, 2.05) is 0 Å². The summed E-state index contributed by atoms with van der Waals surface area (Å²) in [6.07, 6.45) is 12.2. The van der Waals surface area contributed by atoms with Crippen molar-refractivity contribution in [2.24, 2.45) is 17.3 Å². The maximum absolute atomic E-state index is 2.47. The molecule has 2 unspecified atom stereocenters. The molecule has 0 fully saturated rings. The summed E-state index contributed by atoms with van der Waals surface area (Å²) in [4.78, 5) is 0. The third-order valence-corrected chi connectivity index (χ3v) is 4.46. The van der Waals surface area contributed by atoms with Crippen LogP contribution in [0.25, 0.3) is 0 Å². The Balaban J connectivity index is 2.38. The highest BCUT2D eigenvalue weighted by molar-refractivity contribution is 5.45. The van der Waals surface area contributed by atoms with E-state index in [4.69, 9.17) is 0 Å². The Morgan fingerprint density at radius 2 is 1.21 bits per heavy atom. The molecular formula is C19H28. The molecule has 2 aliphatic rings. The first-order valence-electron chi connectivity index (χ1n) is 7.58. The molecule has 0 heterocycles. The quantitative estimate of drug-likeness (QED) is 0.582. The average molecular weight is 256 g/mol. The van der Waals surface area contributed by atoms with Crippen LogP contribution in [0.4, 0.5) is 0 Å². The first-order chi connectivity index (χ1) is 8.79. The second-order valence-corrected chi connectivity index (χ2v) is 7.21. The number of rotatable bonds is 2. The van der Waals surface area contributed by atoms with Gasteiger partial charge in [0.1, 0.15) is 0 Å². The predicted molar refractivity (Wildman–Crippen MR) is 85.0 cm³/mol. The Hall–Kier alpha value is -1.04. The van der Waals surface area contributed by atoms with Crippen LogP contribution in [0.2, 0.25) is 0 Å². The second kappa shape index (κ2) is 5.15. The van der Waals surface area contributed by atoms with Crippen molar-refractivity contribution in [3.8, 4) is 0 Å². The average Bonchev–Trinajstić information content (AvgIpc) is 2.26. The molecular weight excluding hydrogens is 228 g/mol. The van der Waals surface area contributed by atoms with Crippen LogP contribution in [-0.4, -0.2) is 0 Å². The summed E-state index contributed by atoms with van der Waals surface area (Å²) in [7, 11) is 0. The SMILES string of the molecule is CC1=CC(C(C)(C)C2=CC(C)CC(C)=C2)=CC(C)C1. The van der Waals surface area contributed by atoms with Gasteiger partial charge in [-0.3, -0.25) is 0 Å². The largest absolute Gasteiger partial charge is 0.0773 e. The lowest BCUT2D eigenvalue weighted by Crippen LogP contribution is -2.21. The van der Waals surface area contributed by atoms with E-state index in [-0.39, 0.29) is 5.41 Å². The fraction of sp³-hybridized carbons (Fsp3) is 0.579. The van der Waals surface area contributed by atoms with Gasteiger partial charge in [-0.05, 0) is 49.7 Å². The lowest BCUT2D eigenvalue weighted by molar-refractivity contribution is 0.527. The summed E-state index contributed by atoms with van der Waals surface area (Å²) in [6, 6.07) is 0. The van der Waals surface area contributed by atoms with Crippen molar-refractivity contribution in [3.05, 3.63) is 46.6 Å². The summed E-state index contributed by atoms with van der Waals surface area (Å²) in [5.74, 6) is 1.34. The van der Waals surface area contributed by atoms with Crippen LogP contribution >= 0.6 is 0 Å². The molecule has 0 bridgehead atoms. The molecule has 0 heteroatoms. The summed E-state index contributed by atoms with van der Waals surface area (Å²) >= 11 is 0. The van der Waals surface area contributed by atoms with Gasteiger partial charge in [-0.15, -0.1) is 0 Å². The summed E-state index contributed by atoms with van der Waals surface area (Å²) in [6.45, 7) is 13.9. The van der Waals surface area contributed by atoms with Gasteiger partial charge in [0.2, 0.25) is 0 Å². The number of hydrogen-bond donors (Lipinski definition) is 0. The van der Waals surface area contributed by atoms with Crippen molar-refractivity contribution >= 4 is 0 Å².